The van der Waals surface area contributed by atoms with Gasteiger partial charge in [-0.25, -0.2) is 9.97 Å². The topological polar surface area (TPSA) is 51.8 Å². The highest BCUT2D eigenvalue weighted by molar-refractivity contribution is 8.01. The normalized spacial score (nSPS) is 10.7. The summed E-state index contributed by atoms with van der Waals surface area (Å²) in [5.41, 5.74) is 6.59. The van der Waals surface area contributed by atoms with Gasteiger partial charge in [-0.3, -0.25) is 0 Å². The Labute approximate surface area is 130 Å². The molecule has 0 spiro atoms. The Morgan fingerprint density at radius 3 is 2.21 bits per heavy atom. The van der Waals surface area contributed by atoms with Gasteiger partial charge in [0, 0.05) is 0 Å². The van der Waals surface area contributed by atoms with E-state index in [4.69, 9.17) is 28.9 Å². The Morgan fingerprint density at radius 1 is 1.05 bits per heavy atom. The number of anilines is 1. The maximum atomic E-state index is 6.17. The molecule has 1 aromatic carbocycles. The molecule has 2 aromatic rings. The minimum Gasteiger partial charge on any atom is -0.383 e. The molecule has 0 radical (unpaired) electrons. The quantitative estimate of drug-likeness (QED) is 0.663. The van der Waals surface area contributed by atoms with Gasteiger partial charge in [0.1, 0.15) is 10.8 Å². The molecule has 2 N–H and O–H groups in total. The van der Waals surface area contributed by atoms with Crippen molar-refractivity contribution in [3.63, 3.8) is 0 Å². The van der Waals surface area contributed by atoms with Gasteiger partial charge >= 0.3 is 0 Å². The van der Waals surface area contributed by atoms with Gasteiger partial charge in [-0.15, -0.1) is 23.5 Å². The second-order valence-corrected chi connectivity index (χ2v) is 6.00. The molecule has 0 aliphatic carbocycles. The van der Waals surface area contributed by atoms with Crippen LogP contribution in [0, 0.1) is 0 Å². The SMILES string of the molecule is CSc1nc(-c2c(Cl)cccc2Cl)nc(N)c1SC. The molecule has 1 aromatic heterocycles. The smallest absolute Gasteiger partial charge is 0.165 e. The number of hydrogen-bond acceptors (Lipinski definition) is 5. The van der Waals surface area contributed by atoms with E-state index in [1.807, 2.05) is 12.5 Å². The molecule has 0 fully saturated rings. The number of nitrogens with two attached hydrogens (primary N) is 1. The molecule has 0 aliphatic heterocycles. The van der Waals surface area contributed by atoms with E-state index in [1.165, 1.54) is 23.5 Å². The third-order valence-corrected chi connectivity index (χ3v) is 4.70. The summed E-state index contributed by atoms with van der Waals surface area (Å²) in [6.45, 7) is 0. The lowest BCUT2D eigenvalue weighted by Gasteiger charge is -2.11. The van der Waals surface area contributed by atoms with E-state index in [1.54, 1.807) is 18.2 Å². The summed E-state index contributed by atoms with van der Waals surface area (Å²) >= 11 is 15.4. The molecule has 0 unspecified atom stereocenters. The Kier molecular flexibility index (Phi) is 4.84. The van der Waals surface area contributed by atoms with Crippen molar-refractivity contribution >= 4 is 52.5 Å². The minimum atomic E-state index is 0.442. The summed E-state index contributed by atoms with van der Waals surface area (Å²) in [6.07, 6.45) is 3.89. The van der Waals surface area contributed by atoms with E-state index in [9.17, 15) is 0 Å². The zero-order valence-electron chi connectivity index (χ0n) is 10.3. The molecule has 1 heterocycles. The molecule has 0 aliphatic rings. The van der Waals surface area contributed by atoms with Crippen LogP contribution < -0.4 is 5.73 Å². The van der Waals surface area contributed by atoms with Gasteiger partial charge in [-0.2, -0.15) is 0 Å². The maximum absolute atomic E-state index is 6.17. The number of nitrogens with zero attached hydrogens (tertiary/aromatic N) is 2. The van der Waals surface area contributed by atoms with Crippen molar-refractivity contribution < 1.29 is 0 Å². The molecule has 7 heteroatoms. The number of benzene rings is 1. The van der Waals surface area contributed by atoms with Crippen LogP contribution in [-0.4, -0.2) is 22.5 Å². The van der Waals surface area contributed by atoms with Crippen LogP contribution in [0.25, 0.3) is 11.4 Å². The minimum absolute atomic E-state index is 0.442. The molecule has 2 rings (SSSR count). The highest BCUT2D eigenvalue weighted by Crippen LogP contribution is 2.37. The second kappa shape index (κ2) is 6.22. The van der Waals surface area contributed by atoms with E-state index in [-0.39, 0.29) is 0 Å². The Morgan fingerprint density at radius 2 is 1.68 bits per heavy atom. The van der Waals surface area contributed by atoms with Crippen molar-refractivity contribution in [1.82, 2.24) is 9.97 Å². The molecule has 0 saturated heterocycles. The van der Waals surface area contributed by atoms with Gasteiger partial charge in [-0.1, -0.05) is 29.3 Å². The third-order valence-electron chi connectivity index (χ3n) is 2.44. The number of thioether (sulfide) groups is 2. The maximum Gasteiger partial charge on any atom is 0.165 e. The Balaban J connectivity index is 2.67. The predicted octanol–water partition coefficient (Wildman–Crippen LogP) is 4.48. The number of nitrogen functional groups attached to an aromatic ring is 1. The molecule has 0 atom stereocenters. The molecule has 100 valence electrons. The van der Waals surface area contributed by atoms with Crippen LogP contribution in [0.2, 0.25) is 10.0 Å². The molecule has 19 heavy (non-hydrogen) atoms. The second-order valence-electron chi connectivity index (χ2n) is 3.57. The van der Waals surface area contributed by atoms with Gasteiger partial charge < -0.3 is 5.73 Å². The van der Waals surface area contributed by atoms with Crippen molar-refractivity contribution in [1.29, 1.82) is 0 Å². The van der Waals surface area contributed by atoms with Gasteiger partial charge in [0.15, 0.2) is 5.82 Å². The fourth-order valence-electron chi connectivity index (χ4n) is 1.60. The average Bonchev–Trinajstić information content (AvgIpc) is 2.37. The summed E-state index contributed by atoms with van der Waals surface area (Å²) in [4.78, 5) is 9.68. The largest absolute Gasteiger partial charge is 0.383 e. The molecule has 3 nitrogen and oxygen atoms in total. The summed E-state index contributed by atoms with van der Waals surface area (Å²) in [5, 5.41) is 1.85. The number of hydrogen-bond donors (Lipinski definition) is 1. The van der Waals surface area contributed by atoms with Crippen molar-refractivity contribution in [3.8, 4) is 11.4 Å². The van der Waals surface area contributed by atoms with Gasteiger partial charge in [-0.05, 0) is 24.6 Å². The summed E-state index contributed by atoms with van der Waals surface area (Å²) in [7, 11) is 0. The summed E-state index contributed by atoms with van der Waals surface area (Å²) in [6, 6.07) is 5.29. The number of halogens is 2. The first-order valence-electron chi connectivity index (χ1n) is 5.28. The van der Waals surface area contributed by atoms with Crippen LogP contribution in [0.5, 0.6) is 0 Å². The van der Waals surface area contributed by atoms with E-state index in [2.05, 4.69) is 9.97 Å². The van der Waals surface area contributed by atoms with Gasteiger partial charge in [0.2, 0.25) is 0 Å². The van der Waals surface area contributed by atoms with Crippen molar-refractivity contribution in [2.75, 3.05) is 18.2 Å². The predicted molar refractivity (Wildman–Crippen MR) is 85.5 cm³/mol. The monoisotopic (exact) mass is 331 g/mol. The lowest BCUT2D eigenvalue weighted by atomic mass is 10.2. The standard InChI is InChI=1S/C12H11Cl2N3S2/c1-18-9-10(15)16-11(17-12(9)19-2)8-6(13)4-3-5-7(8)14/h3-5H,1-2H3,(H2,15,16,17). The third kappa shape index (κ3) is 2.94. The molecular weight excluding hydrogens is 321 g/mol. The van der Waals surface area contributed by atoms with Crippen LogP contribution in [0.3, 0.4) is 0 Å². The first-order valence-corrected chi connectivity index (χ1v) is 8.49. The van der Waals surface area contributed by atoms with Crippen LogP contribution >= 0.6 is 46.7 Å². The molecular formula is C12H11Cl2N3S2. The average molecular weight is 332 g/mol. The van der Waals surface area contributed by atoms with E-state index < -0.39 is 0 Å². The van der Waals surface area contributed by atoms with Crippen molar-refractivity contribution in [2.45, 2.75) is 9.92 Å². The molecule has 0 bridgehead atoms. The Hall–Kier alpha value is -0.620. The first kappa shape index (κ1) is 14.8. The zero-order chi connectivity index (χ0) is 14.0. The van der Waals surface area contributed by atoms with E-state index in [0.29, 0.717) is 27.3 Å². The highest BCUT2D eigenvalue weighted by Gasteiger charge is 2.16. The van der Waals surface area contributed by atoms with Crippen LogP contribution in [0.15, 0.2) is 28.1 Å². The lowest BCUT2D eigenvalue weighted by Crippen LogP contribution is -2.01. The summed E-state index contributed by atoms with van der Waals surface area (Å²) < 4.78 is 0. The Bertz CT molecular complexity index is 600. The van der Waals surface area contributed by atoms with Crippen molar-refractivity contribution in [2.24, 2.45) is 0 Å². The van der Waals surface area contributed by atoms with Crippen molar-refractivity contribution in [3.05, 3.63) is 28.2 Å². The van der Waals surface area contributed by atoms with E-state index >= 15 is 0 Å². The van der Waals surface area contributed by atoms with Crippen LogP contribution in [0.4, 0.5) is 5.82 Å². The fraction of sp³-hybridized carbons (Fsp3) is 0.167. The molecule has 0 amide bonds. The van der Waals surface area contributed by atoms with E-state index in [0.717, 1.165) is 9.92 Å². The fourth-order valence-corrected chi connectivity index (χ4v) is 3.61. The number of rotatable bonds is 3. The van der Waals surface area contributed by atoms with Gasteiger partial charge in [0.25, 0.3) is 0 Å². The first-order chi connectivity index (χ1) is 9.08. The highest BCUT2D eigenvalue weighted by atomic mass is 35.5. The van der Waals surface area contributed by atoms with Crippen LogP contribution in [0.1, 0.15) is 0 Å². The lowest BCUT2D eigenvalue weighted by molar-refractivity contribution is 0.986. The number of aromatic nitrogens is 2. The van der Waals surface area contributed by atoms with Crippen LogP contribution in [-0.2, 0) is 0 Å². The summed E-state index contributed by atoms with van der Waals surface area (Å²) in [5.74, 6) is 0.896. The zero-order valence-corrected chi connectivity index (χ0v) is 13.4. The molecule has 0 saturated carbocycles. The van der Waals surface area contributed by atoms with Gasteiger partial charge in [0.05, 0.1) is 20.5 Å².